The van der Waals surface area contributed by atoms with Gasteiger partial charge in [0, 0.05) is 12.5 Å². The Morgan fingerprint density at radius 1 is 0.862 bits per heavy atom. The number of aromatic hydroxyl groups is 1. The van der Waals surface area contributed by atoms with Crippen molar-refractivity contribution in [3.63, 3.8) is 0 Å². The molecule has 0 bridgehead atoms. The highest BCUT2D eigenvalue weighted by molar-refractivity contribution is 5.86. The van der Waals surface area contributed by atoms with Gasteiger partial charge in [-0.1, -0.05) is 76.9 Å². The summed E-state index contributed by atoms with van der Waals surface area (Å²) in [6, 6.07) is 8.28. The minimum Gasteiger partial charge on any atom is -0.507 e. The number of aryl methyl sites for hydroxylation is 2. The van der Waals surface area contributed by atoms with E-state index in [-0.39, 0.29) is 10.8 Å². The second-order valence-electron chi connectivity index (χ2n) is 10.1. The summed E-state index contributed by atoms with van der Waals surface area (Å²) in [4.78, 5) is 11.2. The maximum atomic E-state index is 11.2. The van der Waals surface area contributed by atoms with Crippen LogP contribution in [0.25, 0.3) is 6.08 Å². The molecule has 0 saturated heterocycles. The second-order valence-corrected chi connectivity index (χ2v) is 10.1. The third-order valence-corrected chi connectivity index (χ3v) is 5.13. The van der Waals surface area contributed by atoms with Gasteiger partial charge in [-0.3, -0.25) is 0 Å². The zero-order chi connectivity index (χ0) is 22.1. The summed E-state index contributed by atoms with van der Waals surface area (Å²) < 4.78 is 0. The molecule has 3 nitrogen and oxygen atoms in total. The maximum Gasteiger partial charge on any atom is 0.328 e. The Bertz CT molecular complexity index is 951. The number of hydrogen-bond acceptors (Lipinski definition) is 2. The lowest BCUT2D eigenvalue weighted by atomic mass is 9.79. The molecular formula is C26H34O3. The number of aliphatic carboxylic acids is 1. The van der Waals surface area contributed by atoms with Crippen LogP contribution in [0.1, 0.15) is 80.5 Å². The molecule has 0 amide bonds. The van der Waals surface area contributed by atoms with E-state index in [1.165, 1.54) is 6.08 Å². The van der Waals surface area contributed by atoms with Gasteiger partial charge in [0.2, 0.25) is 0 Å². The first-order valence-corrected chi connectivity index (χ1v) is 10.1. The van der Waals surface area contributed by atoms with Crippen LogP contribution in [-0.2, 0) is 22.0 Å². The molecule has 3 heteroatoms. The summed E-state index contributed by atoms with van der Waals surface area (Å²) in [5.41, 5.74) is 6.77. The van der Waals surface area contributed by atoms with Crippen LogP contribution in [-0.4, -0.2) is 16.2 Å². The lowest BCUT2D eigenvalue weighted by Crippen LogP contribution is -2.15. The number of carboxylic acids is 1. The third-order valence-electron chi connectivity index (χ3n) is 5.13. The molecular weight excluding hydrogens is 360 g/mol. The van der Waals surface area contributed by atoms with E-state index in [0.29, 0.717) is 12.2 Å². The SMILES string of the molecule is Cc1cc(Cc2cc(C)cc(C(C)(C)C)c2/C=C/C(=O)O)c(O)c(C(C)(C)C)c1. The fraction of sp³-hybridized carbons (Fsp3) is 0.423. The van der Waals surface area contributed by atoms with Gasteiger partial charge in [0.15, 0.2) is 0 Å². The fourth-order valence-electron chi connectivity index (χ4n) is 3.76. The van der Waals surface area contributed by atoms with Crippen LogP contribution in [0.15, 0.2) is 30.3 Å². The van der Waals surface area contributed by atoms with E-state index in [1.807, 2.05) is 19.1 Å². The molecule has 0 aromatic heterocycles. The van der Waals surface area contributed by atoms with E-state index >= 15 is 0 Å². The Balaban J connectivity index is 2.72. The highest BCUT2D eigenvalue weighted by atomic mass is 16.4. The first kappa shape index (κ1) is 22.7. The average Bonchev–Trinajstić information content (AvgIpc) is 2.54. The molecule has 0 unspecified atom stereocenters. The molecule has 0 heterocycles. The molecule has 29 heavy (non-hydrogen) atoms. The Hall–Kier alpha value is -2.55. The lowest BCUT2D eigenvalue weighted by Gasteiger charge is -2.26. The topological polar surface area (TPSA) is 57.5 Å². The van der Waals surface area contributed by atoms with Crippen molar-refractivity contribution in [3.8, 4) is 5.75 Å². The highest BCUT2D eigenvalue weighted by Gasteiger charge is 2.23. The van der Waals surface area contributed by atoms with E-state index in [4.69, 9.17) is 0 Å². The van der Waals surface area contributed by atoms with Crippen LogP contribution < -0.4 is 0 Å². The van der Waals surface area contributed by atoms with Crippen LogP contribution in [0.4, 0.5) is 0 Å². The van der Waals surface area contributed by atoms with Crippen molar-refractivity contribution in [2.45, 2.75) is 72.6 Å². The van der Waals surface area contributed by atoms with E-state index in [2.05, 4.69) is 60.6 Å². The van der Waals surface area contributed by atoms with Crippen LogP contribution in [0.2, 0.25) is 0 Å². The quantitative estimate of drug-likeness (QED) is 0.599. The summed E-state index contributed by atoms with van der Waals surface area (Å²) in [7, 11) is 0. The van der Waals surface area contributed by atoms with E-state index < -0.39 is 5.97 Å². The Morgan fingerprint density at radius 3 is 1.83 bits per heavy atom. The van der Waals surface area contributed by atoms with Gasteiger partial charge >= 0.3 is 5.97 Å². The number of carboxylic acid groups (broad SMARTS) is 1. The van der Waals surface area contributed by atoms with Crippen molar-refractivity contribution < 1.29 is 15.0 Å². The van der Waals surface area contributed by atoms with Crippen LogP contribution in [0.5, 0.6) is 5.75 Å². The molecule has 2 aromatic rings. The molecule has 0 radical (unpaired) electrons. The van der Waals surface area contributed by atoms with Crippen molar-refractivity contribution in [1.29, 1.82) is 0 Å². The van der Waals surface area contributed by atoms with E-state index in [1.54, 1.807) is 6.08 Å². The molecule has 0 aliphatic heterocycles. The van der Waals surface area contributed by atoms with E-state index in [0.717, 1.165) is 38.9 Å². The van der Waals surface area contributed by atoms with Gasteiger partial charge in [0.25, 0.3) is 0 Å². The minimum atomic E-state index is -0.968. The number of phenols is 1. The third kappa shape index (κ3) is 5.50. The number of benzene rings is 2. The van der Waals surface area contributed by atoms with Crippen molar-refractivity contribution >= 4 is 12.0 Å². The molecule has 2 rings (SSSR count). The maximum absolute atomic E-state index is 11.2. The molecule has 0 aliphatic rings. The van der Waals surface area contributed by atoms with E-state index in [9.17, 15) is 15.0 Å². The highest BCUT2D eigenvalue weighted by Crippen LogP contribution is 2.37. The molecule has 0 aliphatic carbocycles. The van der Waals surface area contributed by atoms with Crippen molar-refractivity contribution in [1.82, 2.24) is 0 Å². The van der Waals surface area contributed by atoms with Crippen molar-refractivity contribution in [2.24, 2.45) is 0 Å². The fourth-order valence-corrected chi connectivity index (χ4v) is 3.76. The zero-order valence-electron chi connectivity index (χ0n) is 19.0. The Morgan fingerprint density at radius 2 is 1.34 bits per heavy atom. The van der Waals surface area contributed by atoms with Crippen molar-refractivity contribution in [3.05, 3.63) is 69.3 Å². The number of phenolic OH excluding ortho intramolecular Hbond substituents is 1. The summed E-state index contributed by atoms with van der Waals surface area (Å²) in [6.07, 6.45) is 3.43. The Labute approximate surface area is 175 Å². The van der Waals surface area contributed by atoms with Crippen LogP contribution in [0, 0.1) is 13.8 Å². The predicted molar refractivity (Wildman–Crippen MR) is 121 cm³/mol. The van der Waals surface area contributed by atoms with Gasteiger partial charge in [-0.15, -0.1) is 0 Å². The van der Waals surface area contributed by atoms with Gasteiger partial charge in [0.1, 0.15) is 5.75 Å². The second kappa shape index (κ2) is 8.06. The van der Waals surface area contributed by atoms with Crippen LogP contribution in [0.3, 0.4) is 0 Å². The molecule has 0 atom stereocenters. The lowest BCUT2D eigenvalue weighted by molar-refractivity contribution is -0.131. The zero-order valence-corrected chi connectivity index (χ0v) is 19.0. The first-order chi connectivity index (χ1) is 13.2. The Kier molecular flexibility index (Phi) is 6.32. The molecule has 0 fully saturated rings. The monoisotopic (exact) mass is 394 g/mol. The summed E-state index contributed by atoms with van der Waals surface area (Å²) in [5, 5.41) is 20.2. The largest absolute Gasteiger partial charge is 0.507 e. The van der Waals surface area contributed by atoms with Crippen LogP contribution >= 0.6 is 0 Å². The molecule has 0 spiro atoms. The summed E-state index contributed by atoms with van der Waals surface area (Å²) in [6.45, 7) is 16.8. The van der Waals surface area contributed by atoms with Gasteiger partial charge in [-0.25, -0.2) is 4.79 Å². The minimum absolute atomic E-state index is 0.135. The summed E-state index contributed by atoms with van der Waals surface area (Å²) in [5.74, 6) is -0.639. The van der Waals surface area contributed by atoms with Gasteiger partial charge in [-0.2, -0.15) is 0 Å². The van der Waals surface area contributed by atoms with Crippen molar-refractivity contribution in [2.75, 3.05) is 0 Å². The number of rotatable bonds is 4. The average molecular weight is 395 g/mol. The molecule has 2 N–H and O–H groups in total. The smallest absolute Gasteiger partial charge is 0.328 e. The number of hydrogen-bond donors (Lipinski definition) is 2. The molecule has 0 saturated carbocycles. The number of carbonyl (C=O) groups is 1. The normalized spacial score (nSPS) is 12.6. The van der Waals surface area contributed by atoms with Gasteiger partial charge in [-0.05, 0) is 58.6 Å². The standard InChI is InChI=1S/C26H34O3/c1-16-11-18(20(9-10-23(27)28)21(13-16)25(3,4)5)15-19-12-17(2)14-22(24(19)29)26(6,7)8/h9-14,29H,15H2,1-8H3,(H,27,28)/b10-9+. The summed E-state index contributed by atoms with van der Waals surface area (Å²) >= 11 is 0. The first-order valence-electron chi connectivity index (χ1n) is 10.1. The van der Waals surface area contributed by atoms with Gasteiger partial charge < -0.3 is 10.2 Å². The predicted octanol–water partition coefficient (Wildman–Crippen LogP) is 6.29. The molecule has 156 valence electrons. The van der Waals surface area contributed by atoms with Gasteiger partial charge in [0.05, 0.1) is 0 Å². The molecule has 2 aromatic carbocycles.